The van der Waals surface area contributed by atoms with Crippen LogP contribution in [0.5, 0.6) is 0 Å². The van der Waals surface area contributed by atoms with E-state index in [1.54, 1.807) is 0 Å². The summed E-state index contributed by atoms with van der Waals surface area (Å²) in [6.07, 6.45) is 7.85. The van der Waals surface area contributed by atoms with E-state index in [2.05, 4.69) is 12.2 Å². The number of aliphatic carboxylic acids is 1. The molecule has 0 saturated heterocycles. The molecule has 0 aromatic rings. The van der Waals surface area contributed by atoms with Crippen molar-refractivity contribution in [3.63, 3.8) is 0 Å². The highest BCUT2D eigenvalue weighted by Gasteiger charge is 2.54. The van der Waals surface area contributed by atoms with Gasteiger partial charge in [-0.1, -0.05) is 12.2 Å². The molecule has 0 aromatic heterocycles. The van der Waals surface area contributed by atoms with E-state index in [4.69, 9.17) is 5.11 Å². The Kier molecular flexibility index (Phi) is 1.38. The second kappa shape index (κ2) is 2.37. The first kappa shape index (κ1) is 7.60. The second-order valence-electron chi connectivity index (χ2n) is 4.75. The van der Waals surface area contributed by atoms with Crippen molar-refractivity contribution in [2.75, 3.05) is 0 Å². The summed E-state index contributed by atoms with van der Waals surface area (Å²) in [5, 5.41) is 9.03. The largest absolute Gasteiger partial charge is 0.481 e. The number of fused-ring (bicyclic) bond motifs is 5. The zero-order valence-electron chi connectivity index (χ0n) is 7.52. The summed E-state index contributed by atoms with van der Waals surface area (Å²) >= 11 is 0. The molecular weight excluding hydrogens is 164 g/mol. The van der Waals surface area contributed by atoms with Crippen molar-refractivity contribution in [1.82, 2.24) is 0 Å². The van der Waals surface area contributed by atoms with Gasteiger partial charge in [-0.3, -0.25) is 4.79 Å². The molecule has 0 heterocycles. The lowest BCUT2D eigenvalue weighted by Crippen LogP contribution is -2.29. The standard InChI is InChI=1S/C11H14O2/c12-11(13)10-5-6-4-9(10)8-3-1-2-7(6)8/h1,3,6-10H,2,4-5H2,(H,12,13). The lowest BCUT2D eigenvalue weighted by Gasteiger charge is -2.28. The first-order valence-electron chi connectivity index (χ1n) is 5.17. The van der Waals surface area contributed by atoms with Gasteiger partial charge >= 0.3 is 5.97 Å². The lowest BCUT2D eigenvalue weighted by atomic mass is 9.76. The van der Waals surface area contributed by atoms with Crippen LogP contribution in [-0.2, 0) is 4.79 Å². The highest BCUT2D eigenvalue weighted by Crippen LogP contribution is 2.58. The van der Waals surface area contributed by atoms with Gasteiger partial charge in [-0.15, -0.1) is 0 Å². The van der Waals surface area contributed by atoms with Crippen LogP contribution in [0.2, 0.25) is 0 Å². The third kappa shape index (κ3) is 0.862. The zero-order chi connectivity index (χ0) is 9.00. The minimum Gasteiger partial charge on any atom is -0.481 e. The van der Waals surface area contributed by atoms with Crippen molar-refractivity contribution >= 4 is 5.97 Å². The molecule has 70 valence electrons. The van der Waals surface area contributed by atoms with Crippen LogP contribution >= 0.6 is 0 Å². The van der Waals surface area contributed by atoms with Crippen molar-refractivity contribution in [3.8, 4) is 0 Å². The Morgan fingerprint density at radius 2 is 2.15 bits per heavy atom. The number of allylic oxidation sites excluding steroid dienone is 2. The molecule has 3 aliphatic carbocycles. The van der Waals surface area contributed by atoms with Gasteiger partial charge in [0.1, 0.15) is 0 Å². The molecule has 13 heavy (non-hydrogen) atoms. The van der Waals surface area contributed by atoms with Gasteiger partial charge in [0.15, 0.2) is 0 Å². The molecule has 0 spiro atoms. The fraction of sp³-hybridized carbons (Fsp3) is 0.727. The van der Waals surface area contributed by atoms with Gasteiger partial charge in [0, 0.05) is 0 Å². The van der Waals surface area contributed by atoms with Gasteiger partial charge in [-0.25, -0.2) is 0 Å². The van der Waals surface area contributed by atoms with Gasteiger partial charge < -0.3 is 5.11 Å². The molecule has 1 N–H and O–H groups in total. The Labute approximate surface area is 77.6 Å². The Morgan fingerprint density at radius 3 is 2.92 bits per heavy atom. The van der Waals surface area contributed by atoms with Gasteiger partial charge in [-0.2, -0.15) is 0 Å². The smallest absolute Gasteiger partial charge is 0.306 e. The number of carbonyl (C=O) groups is 1. The van der Waals surface area contributed by atoms with Gasteiger partial charge in [-0.05, 0) is 42.9 Å². The van der Waals surface area contributed by atoms with Crippen LogP contribution in [0.25, 0.3) is 0 Å². The Morgan fingerprint density at radius 1 is 1.31 bits per heavy atom. The maximum Gasteiger partial charge on any atom is 0.306 e. The Balaban J connectivity index is 1.89. The molecule has 0 radical (unpaired) electrons. The molecule has 2 nitrogen and oxygen atoms in total. The number of hydrogen-bond donors (Lipinski definition) is 1. The summed E-state index contributed by atoms with van der Waals surface area (Å²) in [5.41, 5.74) is 0. The van der Waals surface area contributed by atoms with Crippen LogP contribution in [0.15, 0.2) is 12.2 Å². The van der Waals surface area contributed by atoms with Crippen molar-refractivity contribution in [2.45, 2.75) is 19.3 Å². The van der Waals surface area contributed by atoms with Crippen molar-refractivity contribution < 1.29 is 9.90 Å². The van der Waals surface area contributed by atoms with Crippen LogP contribution in [0.3, 0.4) is 0 Å². The summed E-state index contributed by atoms with van der Waals surface area (Å²) in [4.78, 5) is 11.0. The van der Waals surface area contributed by atoms with Gasteiger partial charge in [0.2, 0.25) is 0 Å². The van der Waals surface area contributed by atoms with E-state index >= 15 is 0 Å². The predicted molar refractivity (Wildman–Crippen MR) is 48.1 cm³/mol. The van der Waals surface area contributed by atoms with E-state index in [0.29, 0.717) is 17.8 Å². The molecule has 5 atom stereocenters. The predicted octanol–water partition coefficient (Wildman–Crippen LogP) is 1.92. The van der Waals surface area contributed by atoms with Crippen LogP contribution in [0.4, 0.5) is 0 Å². The highest BCUT2D eigenvalue weighted by atomic mass is 16.4. The zero-order valence-corrected chi connectivity index (χ0v) is 7.52. The first-order valence-corrected chi connectivity index (χ1v) is 5.17. The molecule has 3 rings (SSSR count). The van der Waals surface area contributed by atoms with Gasteiger partial charge in [0.25, 0.3) is 0 Å². The van der Waals surface area contributed by atoms with Crippen molar-refractivity contribution in [1.29, 1.82) is 0 Å². The van der Waals surface area contributed by atoms with Crippen LogP contribution < -0.4 is 0 Å². The first-order chi connectivity index (χ1) is 6.27. The summed E-state index contributed by atoms with van der Waals surface area (Å²) < 4.78 is 0. The van der Waals surface area contributed by atoms with Crippen LogP contribution in [0, 0.1) is 29.6 Å². The topological polar surface area (TPSA) is 37.3 Å². The number of carboxylic acids is 1. The molecule has 2 heteroatoms. The number of rotatable bonds is 1. The average molecular weight is 178 g/mol. The van der Waals surface area contributed by atoms with E-state index in [9.17, 15) is 4.79 Å². The van der Waals surface area contributed by atoms with E-state index < -0.39 is 5.97 Å². The summed E-state index contributed by atoms with van der Waals surface area (Å²) in [7, 11) is 0. The monoisotopic (exact) mass is 178 g/mol. The average Bonchev–Trinajstić information content (AvgIpc) is 2.75. The van der Waals surface area contributed by atoms with Crippen LogP contribution in [0.1, 0.15) is 19.3 Å². The molecule has 2 bridgehead atoms. The van der Waals surface area contributed by atoms with E-state index in [-0.39, 0.29) is 5.92 Å². The molecule has 3 aliphatic rings. The fourth-order valence-electron chi connectivity index (χ4n) is 3.83. The second-order valence-corrected chi connectivity index (χ2v) is 4.75. The fourth-order valence-corrected chi connectivity index (χ4v) is 3.83. The SMILES string of the molecule is O=C(O)C1CC2CC1C1C=CCC21. The maximum atomic E-state index is 11.0. The molecule has 0 amide bonds. The lowest BCUT2D eigenvalue weighted by molar-refractivity contribution is -0.144. The molecule has 5 unspecified atom stereocenters. The van der Waals surface area contributed by atoms with E-state index in [0.717, 1.165) is 12.3 Å². The van der Waals surface area contributed by atoms with Crippen LogP contribution in [-0.4, -0.2) is 11.1 Å². The highest BCUT2D eigenvalue weighted by molar-refractivity contribution is 5.71. The quantitative estimate of drug-likeness (QED) is 0.623. The van der Waals surface area contributed by atoms with Crippen molar-refractivity contribution in [2.24, 2.45) is 29.6 Å². The summed E-state index contributed by atoms with van der Waals surface area (Å²) in [6.45, 7) is 0. The van der Waals surface area contributed by atoms with E-state index in [1.807, 2.05) is 0 Å². The molecule has 0 aromatic carbocycles. The minimum atomic E-state index is -0.564. The Bertz CT molecular complexity index is 280. The van der Waals surface area contributed by atoms with Gasteiger partial charge in [0.05, 0.1) is 5.92 Å². The molecule has 0 aliphatic heterocycles. The Hall–Kier alpha value is -0.790. The number of carboxylic acid groups (broad SMARTS) is 1. The minimum absolute atomic E-state index is 0.0333. The third-order valence-corrected chi connectivity index (χ3v) is 4.33. The molecule has 2 fully saturated rings. The summed E-state index contributed by atoms with van der Waals surface area (Å²) in [5.74, 6) is 2.00. The van der Waals surface area contributed by atoms with E-state index in [1.165, 1.54) is 12.8 Å². The normalized spacial score (nSPS) is 51.2. The summed E-state index contributed by atoms with van der Waals surface area (Å²) in [6, 6.07) is 0. The third-order valence-electron chi connectivity index (χ3n) is 4.33. The van der Waals surface area contributed by atoms with Crippen molar-refractivity contribution in [3.05, 3.63) is 12.2 Å². The molecular formula is C11H14O2. The maximum absolute atomic E-state index is 11.0. The molecule has 2 saturated carbocycles. The number of hydrogen-bond acceptors (Lipinski definition) is 1.